The number of carbonyl (C=O) groups is 1. The molecule has 0 aliphatic heterocycles. The van der Waals surface area contributed by atoms with Gasteiger partial charge in [-0.15, -0.1) is 0 Å². The summed E-state index contributed by atoms with van der Waals surface area (Å²) in [6, 6.07) is 7.35. The molecule has 0 spiro atoms. The Balaban J connectivity index is 2.42. The maximum Gasteiger partial charge on any atom is 0.416 e. The Bertz CT molecular complexity index is 709. The van der Waals surface area contributed by atoms with Crippen molar-refractivity contribution < 1.29 is 18.0 Å². The Morgan fingerprint density at radius 3 is 2.19 bits per heavy atom. The van der Waals surface area contributed by atoms with Crippen molar-refractivity contribution in [3.05, 3.63) is 68.7 Å². The van der Waals surface area contributed by atoms with Crippen LogP contribution in [0.4, 0.5) is 13.2 Å². The number of halogens is 5. The molecule has 110 valence electrons. The zero-order chi connectivity index (χ0) is 15.8. The van der Waals surface area contributed by atoms with Gasteiger partial charge in [-0.25, -0.2) is 0 Å². The average molecular weight is 333 g/mol. The summed E-state index contributed by atoms with van der Waals surface area (Å²) < 4.78 is 37.8. The quantitative estimate of drug-likeness (QED) is 0.659. The van der Waals surface area contributed by atoms with Crippen LogP contribution in [0.25, 0.3) is 0 Å². The molecule has 21 heavy (non-hydrogen) atoms. The number of carbonyl (C=O) groups excluding carboxylic acids is 1. The van der Waals surface area contributed by atoms with E-state index in [2.05, 4.69) is 0 Å². The zero-order valence-corrected chi connectivity index (χ0v) is 12.3. The molecule has 0 atom stereocenters. The van der Waals surface area contributed by atoms with Crippen molar-refractivity contribution in [2.75, 3.05) is 0 Å². The lowest BCUT2D eigenvalue weighted by Crippen LogP contribution is -2.09. The van der Waals surface area contributed by atoms with Crippen LogP contribution in [-0.4, -0.2) is 5.78 Å². The predicted octanol–water partition coefficient (Wildman–Crippen LogP) is 5.55. The Hall–Kier alpha value is -1.52. The normalized spacial score (nSPS) is 11.5. The predicted molar refractivity (Wildman–Crippen MR) is 76.1 cm³/mol. The Labute approximate surface area is 129 Å². The molecule has 0 amide bonds. The van der Waals surface area contributed by atoms with Crippen LogP contribution < -0.4 is 0 Å². The van der Waals surface area contributed by atoms with E-state index in [9.17, 15) is 18.0 Å². The first-order valence-electron chi connectivity index (χ1n) is 5.88. The summed E-state index contributed by atoms with van der Waals surface area (Å²) in [4.78, 5) is 12.3. The first-order valence-corrected chi connectivity index (χ1v) is 6.63. The highest BCUT2D eigenvalue weighted by molar-refractivity contribution is 6.42. The second-order valence-corrected chi connectivity index (χ2v) is 5.30. The van der Waals surface area contributed by atoms with Gasteiger partial charge in [0, 0.05) is 11.1 Å². The minimum Gasteiger partial charge on any atom is -0.289 e. The fourth-order valence-electron chi connectivity index (χ4n) is 1.89. The molecule has 0 aliphatic rings. The monoisotopic (exact) mass is 332 g/mol. The third-order valence-corrected chi connectivity index (χ3v) is 3.72. The Morgan fingerprint density at radius 1 is 1.00 bits per heavy atom. The lowest BCUT2D eigenvalue weighted by molar-refractivity contribution is -0.137. The highest BCUT2D eigenvalue weighted by Crippen LogP contribution is 2.31. The van der Waals surface area contributed by atoms with E-state index in [-0.39, 0.29) is 21.7 Å². The molecule has 0 radical (unpaired) electrons. The second kappa shape index (κ2) is 5.70. The van der Waals surface area contributed by atoms with Crippen LogP contribution in [0.15, 0.2) is 36.4 Å². The Kier molecular flexibility index (Phi) is 4.30. The van der Waals surface area contributed by atoms with Gasteiger partial charge in [-0.3, -0.25) is 4.79 Å². The van der Waals surface area contributed by atoms with Crippen LogP contribution in [-0.2, 0) is 6.18 Å². The molecule has 0 aromatic heterocycles. The highest BCUT2D eigenvalue weighted by Gasteiger charge is 2.31. The lowest BCUT2D eigenvalue weighted by Gasteiger charge is -2.11. The van der Waals surface area contributed by atoms with Gasteiger partial charge >= 0.3 is 6.18 Å². The van der Waals surface area contributed by atoms with Gasteiger partial charge in [0.1, 0.15) is 0 Å². The van der Waals surface area contributed by atoms with Crippen molar-refractivity contribution in [1.29, 1.82) is 0 Å². The van der Waals surface area contributed by atoms with Crippen molar-refractivity contribution >= 4 is 29.0 Å². The molecule has 1 nitrogen and oxygen atoms in total. The summed E-state index contributed by atoms with van der Waals surface area (Å²) in [6.07, 6.45) is -4.43. The molecule has 2 aromatic rings. The number of rotatable bonds is 2. The molecule has 2 aromatic carbocycles. The highest BCUT2D eigenvalue weighted by atomic mass is 35.5. The Morgan fingerprint density at radius 2 is 1.67 bits per heavy atom. The van der Waals surface area contributed by atoms with Crippen LogP contribution >= 0.6 is 23.2 Å². The molecule has 2 rings (SSSR count). The van der Waals surface area contributed by atoms with Crippen molar-refractivity contribution in [3.8, 4) is 0 Å². The standard InChI is InChI=1S/C15H9Cl2F3O/c1-8-6-10(15(18,19)20)3-4-11(8)14(21)9-2-5-12(16)13(17)7-9/h2-7H,1H3. The molecule has 0 N–H and O–H groups in total. The second-order valence-electron chi connectivity index (χ2n) is 4.49. The molecule has 0 heterocycles. The number of alkyl halides is 3. The number of ketones is 1. The number of hydrogen-bond acceptors (Lipinski definition) is 1. The lowest BCUT2D eigenvalue weighted by atomic mass is 9.97. The number of aryl methyl sites for hydroxylation is 1. The van der Waals surface area contributed by atoms with E-state index in [1.54, 1.807) is 0 Å². The number of hydrogen-bond donors (Lipinski definition) is 0. The van der Waals surface area contributed by atoms with Gasteiger partial charge in [0.2, 0.25) is 0 Å². The van der Waals surface area contributed by atoms with E-state index in [4.69, 9.17) is 23.2 Å². The summed E-state index contributed by atoms with van der Waals surface area (Å²) in [7, 11) is 0. The van der Waals surface area contributed by atoms with Gasteiger partial charge in [0.25, 0.3) is 0 Å². The summed E-state index contributed by atoms with van der Waals surface area (Å²) in [5.74, 6) is -0.403. The largest absolute Gasteiger partial charge is 0.416 e. The van der Waals surface area contributed by atoms with Gasteiger partial charge in [-0.1, -0.05) is 29.3 Å². The van der Waals surface area contributed by atoms with Crippen LogP contribution in [0.1, 0.15) is 27.0 Å². The molecule has 0 bridgehead atoms. The summed E-state index contributed by atoms with van der Waals surface area (Å²) >= 11 is 11.6. The van der Waals surface area contributed by atoms with Crippen LogP contribution in [0, 0.1) is 6.92 Å². The fourth-order valence-corrected chi connectivity index (χ4v) is 2.19. The smallest absolute Gasteiger partial charge is 0.289 e. The topological polar surface area (TPSA) is 17.1 Å². The fraction of sp³-hybridized carbons (Fsp3) is 0.133. The van der Waals surface area contributed by atoms with E-state index in [0.717, 1.165) is 12.1 Å². The first-order chi connectivity index (χ1) is 9.70. The van der Waals surface area contributed by atoms with Crippen LogP contribution in [0.3, 0.4) is 0 Å². The summed E-state index contributed by atoms with van der Waals surface area (Å²) in [5.41, 5.74) is -0.0692. The minimum absolute atomic E-state index is 0.196. The van der Waals surface area contributed by atoms with E-state index in [1.807, 2.05) is 0 Å². The molecule has 0 fully saturated rings. The molecular weight excluding hydrogens is 324 g/mol. The maximum absolute atomic E-state index is 12.6. The molecule has 0 unspecified atom stereocenters. The average Bonchev–Trinajstić information content (AvgIpc) is 2.40. The summed E-state index contributed by atoms with van der Waals surface area (Å²) in [5, 5.41) is 0.518. The van der Waals surface area contributed by atoms with Crippen LogP contribution in [0.5, 0.6) is 0 Å². The zero-order valence-electron chi connectivity index (χ0n) is 10.8. The van der Waals surface area contributed by atoms with Crippen molar-refractivity contribution in [1.82, 2.24) is 0 Å². The summed E-state index contributed by atoms with van der Waals surface area (Å²) in [6.45, 7) is 1.46. The maximum atomic E-state index is 12.6. The van der Waals surface area contributed by atoms with Gasteiger partial charge in [-0.2, -0.15) is 13.2 Å². The molecule has 0 saturated carbocycles. The van der Waals surface area contributed by atoms with E-state index < -0.39 is 17.5 Å². The third kappa shape index (κ3) is 3.39. The van der Waals surface area contributed by atoms with Gasteiger partial charge in [-0.05, 0) is 42.8 Å². The van der Waals surface area contributed by atoms with Crippen molar-refractivity contribution in [2.45, 2.75) is 13.1 Å². The first kappa shape index (κ1) is 15.9. The molecule has 0 aliphatic carbocycles. The molecule has 0 saturated heterocycles. The van der Waals surface area contributed by atoms with Gasteiger partial charge < -0.3 is 0 Å². The SMILES string of the molecule is Cc1cc(C(F)(F)F)ccc1C(=O)c1ccc(Cl)c(Cl)c1. The molecular formula is C15H9Cl2F3O. The van der Waals surface area contributed by atoms with Crippen molar-refractivity contribution in [2.24, 2.45) is 0 Å². The molecule has 6 heteroatoms. The van der Waals surface area contributed by atoms with E-state index in [1.165, 1.54) is 31.2 Å². The van der Waals surface area contributed by atoms with Gasteiger partial charge in [0.05, 0.1) is 15.6 Å². The van der Waals surface area contributed by atoms with Gasteiger partial charge in [0.15, 0.2) is 5.78 Å². The minimum atomic E-state index is -4.43. The van der Waals surface area contributed by atoms with E-state index in [0.29, 0.717) is 5.02 Å². The van der Waals surface area contributed by atoms with Crippen LogP contribution in [0.2, 0.25) is 10.0 Å². The van der Waals surface area contributed by atoms with E-state index >= 15 is 0 Å². The third-order valence-electron chi connectivity index (χ3n) is 2.98. The van der Waals surface area contributed by atoms with Crippen molar-refractivity contribution in [3.63, 3.8) is 0 Å². The number of benzene rings is 2.